The zero-order chi connectivity index (χ0) is 12.8. The Hall–Kier alpha value is -0.580. The predicted molar refractivity (Wildman–Crippen MR) is 76.1 cm³/mol. The topological polar surface area (TPSA) is 30.5 Å². The van der Waals surface area contributed by atoms with Gasteiger partial charge in [0.15, 0.2) is 0 Å². The van der Waals surface area contributed by atoms with Crippen LogP contribution in [0.5, 0.6) is 5.75 Å². The summed E-state index contributed by atoms with van der Waals surface area (Å²) < 4.78 is 12.2. The van der Waals surface area contributed by atoms with Crippen molar-refractivity contribution in [3.63, 3.8) is 0 Å². The molecule has 1 aromatic carbocycles. The van der Waals surface area contributed by atoms with Gasteiger partial charge >= 0.3 is 0 Å². The predicted octanol–water partition coefficient (Wildman–Crippen LogP) is 2.99. The summed E-state index contributed by atoms with van der Waals surface area (Å²) in [4.78, 5) is 0. The van der Waals surface area contributed by atoms with E-state index in [0.717, 1.165) is 16.8 Å². The van der Waals surface area contributed by atoms with Gasteiger partial charge in [-0.3, -0.25) is 0 Å². The standard InChI is InChI=1S/C14H20BrNO2/c1-17-14-4-2-3-13(14)16-9-10-18-12-7-5-11(15)6-8-12/h5-8,13-14,16H,2-4,9-10H2,1H3. The molecule has 1 aliphatic rings. The van der Waals surface area contributed by atoms with Crippen LogP contribution >= 0.6 is 15.9 Å². The first-order valence-electron chi connectivity index (χ1n) is 6.44. The third-order valence-corrected chi connectivity index (χ3v) is 3.87. The van der Waals surface area contributed by atoms with Crippen LogP contribution in [0.25, 0.3) is 0 Å². The van der Waals surface area contributed by atoms with Crippen LogP contribution < -0.4 is 10.1 Å². The molecule has 100 valence electrons. The lowest BCUT2D eigenvalue weighted by molar-refractivity contribution is 0.0840. The van der Waals surface area contributed by atoms with E-state index in [1.54, 1.807) is 7.11 Å². The van der Waals surface area contributed by atoms with Gasteiger partial charge in [0.25, 0.3) is 0 Å². The molecule has 0 aliphatic heterocycles. The summed E-state index contributed by atoms with van der Waals surface area (Å²) in [6, 6.07) is 8.40. The molecule has 1 N–H and O–H groups in total. The van der Waals surface area contributed by atoms with Crippen molar-refractivity contribution in [2.45, 2.75) is 31.4 Å². The lowest BCUT2D eigenvalue weighted by Gasteiger charge is -2.19. The summed E-state index contributed by atoms with van der Waals surface area (Å²) in [5.74, 6) is 0.912. The minimum atomic E-state index is 0.373. The van der Waals surface area contributed by atoms with Crippen LogP contribution in [-0.4, -0.2) is 32.4 Å². The number of methoxy groups -OCH3 is 1. The molecule has 0 bridgehead atoms. The first-order chi connectivity index (χ1) is 8.79. The largest absolute Gasteiger partial charge is 0.492 e. The highest BCUT2D eigenvalue weighted by molar-refractivity contribution is 9.10. The molecule has 1 aromatic rings. The maximum Gasteiger partial charge on any atom is 0.119 e. The summed E-state index contributed by atoms with van der Waals surface area (Å²) in [6.45, 7) is 1.55. The monoisotopic (exact) mass is 313 g/mol. The molecule has 0 amide bonds. The van der Waals surface area contributed by atoms with Crippen LogP contribution in [0.3, 0.4) is 0 Å². The lowest BCUT2D eigenvalue weighted by Crippen LogP contribution is -2.38. The second-order valence-corrected chi connectivity index (χ2v) is 5.48. The number of halogens is 1. The third-order valence-electron chi connectivity index (χ3n) is 3.35. The number of hydrogen-bond donors (Lipinski definition) is 1. The smallest absolute Gasteiger partial charge is 0.119 e. The fourth-order valence-electron chi connectivity index (χ4n) is 2.39. The van der Waals surface area contributed by atoms with E-state index in [2.05, 4.69) is 21.2 Å². The summed E-state index contributed by atoms with van der Waals surface area (Å²) in [5.41, 5.74) is 0. The second kappa shape index (κ2) is 7.12. The Bertz CT molecular complexity index is 355. The fraction of sp³-hybridized carbons (Fsp3) is 0.571. The van der Waals surface area contributed by atoms with E-state index in [0.29, 0.717) is 18.8 Å². The first kappa shape index (κ1) is 13.8. The number of nitrogens with one attached hydrogen (secondary N) is 1. The Kier molecular flexibility index (Phi) is 5.47. The van der Waals surface area contributed by atoms with Crippen LogP contribution in [0.15, 0.2) is 28.7 Å². The zero-order valence-electron chi connectivity index (χ0n) is 10.7. The van der Waals surface area contributed by atoms with E-state index >= 15 is 0 Å². The number of rotatable bonds is 6. The van der Waals surface area contributed by atoms with Gasteiger partial charge in [-0.2, -0.15) is 0 Å². The Balaban J connectivity index is 1.65. The van der Waals surface area contributed by atoms with Crippen LogP contribution in [0.1, 0.15) is 19.3 Å². The van der Waals surface area contributed by atoms with Gasteiger partial charge in [0, 0.05) is 24.2 Å². The number of ether oxygens (including phenoxy) is 2. The Morgan fingerprint density at radius 3 is 2.78 bits per heavy atom. The molecule has 2 rings (SSSR count). The van der Waals surface area contributed by atoms with Gasteiger partial charge in [0.05, 0.1) is 6.10 Å². The SMILES string of the molecule is COC1CCCC1NCCOc1ccc(Br)cc1. The highest BCUT2D eigenvalue weighted by atomic mass is 79.9. The fourth-order valence-corrected chi connectivity index (χ4v) is 2.65. The molecule has 0 aromatic heterocycles. The van der Waals surface area contributed by atoms with Crippen molar-refractivity contribution < 1.29 is 9.47 Å². The van der Waals surface area contributed by atoms with Crippen molar-refractivity contribution in [3.8, 4) is 5.75 Å². The van der Waals surface area contributed by atoms with E-state index in [9.17, 15) is 0 Å². The summed E-state index contributed by atoms with van der Waals surface area (Å²) in [7, 11) is 1.79. The van der Waals surface area contributed by atoms with Crippen molar-refractivity contribution in [2.75, 3.05) is 20.3 Å². The molecule has 0 saturated heterocycles. The van der Waals surface area contributed by atoms with E-state index in [1.165, 1.54) is 19.3 Å². The molecule has 1 fully saturated rings. The van der Waals surface area contributed by atoms with Gasteiger partial charge in [-0.15, -0.1) is 0 Å². The molecule has 4 heteroatoms. The summed E-state index contributed by atoms with van der Waals surface area (Å²) in [6.07, 6.45) is 4.00. The number of hydrogen-bond acceptors (Lipinski definition) is 3. The molecule has 0 spiro atoms. The van der Waals surface area contributed by atoms with Gasteiger partial charge in [0.1, 0.15) is 12.4 Å². The average Bonchev–Trinajstić information content (AvgIpc) is 2.84. The van der Waals surface area contributed by atoms with E-state index in [-0.39, 0.29) is 0 Å². The molecule has 0 radical (unpaired) electrons. The van der Waals surface area contributed by atoms with Crippen molar-refractivity contribution in [2.24, 2.45) is 0 Å². The number of benzene rings is 1. The minimum Gasteiger partial charge on any atom is -0.492 e. The minimum absolute atomic E-state index is 0.373. The molecule has 2 atom stereocenters. The highest BCUT2D eigenvalue weighted by Crippen LogP contribution is 2.21. The maximum atomic E-state index is 5.67. The van der Waals surface area contributed by atoms with Crippen LogP contribution in [0, 0.1) is 0 Å². The lowest BCUT2D eigenvalue weighted by atomic mass is 10.2. The first-order valence-corrected chi connectivity index (χ1v) is 7.23. The van der Waals surface area contributed by atoms with Gasteiger partial charge in [-0.1, -0.05) is 15.9 Å². The van der Waals surface area contributed by atoms with Crippen molar-refractivity contribution >= 4 is 15.9 Å². The molecule has 2 unspecified atom stereocenters. The Morgan fingerprint density at radius 2 is 2.06 bits per heavy atom. The zero-order valence-corrected chi connectivity index (χ0v) is 12.3. The van der Waals surface area contributed by atoms with Gasteiger partial charge in [-0.05, 0) is 43.5 Å². The molecular formula is C14H20BrNO2. The van der Waals surface area contributed by atoms with E-state index < -0.39 is 0 Å². The van der Waals surface area contributed by atoms with Crippen molar-refractivity contribution in [3.05, 3.63) is 28.7 Å². The molecule has 1 saturated carbocycles. The highest BCUT2D eigenvalue weighted by Gasteiger charge is 2.26. The van der Waals surface area contributed by atoms with Crippen LogP contribution in [0.2, 0.25) is 0 Å². The molecular weight excluding hydrogens is 294 g/mol. The van der Waals surface area contributed by atoms with Crippen molar-refractivity contribution in [1.82, 2.24) is 5.32 Å². The molecule has 0 heterocycles. The second-order valence-electron chi connectivity index (χ2n) is 4.57. The van der Waals surface area contributed by atoms with E-state index in [1.807, 2.05) is 24.3 Å². The maximum absolute atomic E-state index is 5.67. The normalized spacial score (nSPS) is 23.2. The van der Waals surface area contributed by atoms with Gasteiger partial charge in [0.2, 0.25) is 0 Å². The van der Waals surface area contributed by atoms with Crippen molar-refractivity contribution in [1.29, 1.82) is 0 Å². The summed E-state index contributed by atoms with van der Waals surface area (Å²) in [5, 5.41) is 3.50. The summed E-state index contributed by atoms with van der Waals surface area (Å²) >= 11 is 3.40. The van der Waals surface area contributed by atoms with Crippen LogP contribution in [0.4, 0.5) is 0 Å². The van der Waals surface area contributed by atoms with Crippen LogP contribution in [-0.2, 0) is 4.74 Å². The van der Waals surface area contributed by atoms with E-state index in [4.69, 9.17) is 9.47 Å². The van der Waals surface area contributed by atoms with Gasteiger partial charge in [-0.25, -0.2) is 0 Å². The van der Waals surface area contributed by atoms with Gasteiger partial charge < -0.3 is 14.8 Å². The quantitative estimate of drug-likeness (QED) is 0.819. The molecule has 3 nitrogen and oxygen atoms in total. The third kappa shape index (κ3) is 3.97. The molecule has 1 aliphatic carbocycles. The molecule has 18 heavy (non-hydrogen) atoms. The Labute approximate surface area is 117 Å². The average molecular weight is 314 g/mol. The Morgan fingerprint density at radius 1 is 1.28 bits per heavy atom.